The lowest BCUT2D eigenvalue weighted by Crippen LogP contribution is -2.34. The molecule has 1 heterocycles. The van der Waals surface area contributed by atoms with E-state index in [1.165, 1.54) is 12.1 Å². The van der Waals surface area contributed by atoms with Crippen molar-refractivity contribution in [1.82, 2.24) is 4.81 Å². The third-order valence-electron chi connectivity index (χ3n) is 3.22. The van der Waals surface area contributed by atoms with Gasteiger partial charge in [0.15, 0.2) is 13.8 Å². The van der Waals surface area contributed by atoms with Gasteiger partial charge in [0.1, 0.15) is 5.82 Å². The fraction of sp³-hybridized carbons (Fsp3) is 0.417. The first-order chi connectivity index (χ1) is 7.66. The summed E-state index contributed by atoms with van der Waals surface area (Å²) in [5, 5.41) is 0. The zero-order valence-corrected chi connectivity index (χ0v) is 9.45. The van der Waals surface area contributed by atoms with Crippen molar-refractivity contribution in [3.63, 3.8) is 0 Å². The number of Topliss-reactive ketones (excluding diaryl/α,β-unsaturated/α-hetero) is 1. The second-order valence-electron chi connectivity index (χ2n) is 4.45. The predicted molar refractivity (Wildman–Crippen MR) is 63.6 cm³/mol. The average Bonchev–Trinajstić information content (AvgIpc) is 2.30. The van der Waals surface area contributed by atoms with Crippen LogP contribution in [0.2, 0.25) is 0 Å². The molecule has 1 aromatic rings. The number of hydrogen-bond donors (Lipinski definition) is 0. The van der Waals surface area contributed by atoms with E-state index in [0.717, 1.165) is 25.9 Å². The van der Waals surface area contributed by atoms with Crippen LogP contribution < -0.4 is 0 Å². The van der Waals surface area contributed by atoms with Crippen molar-refractivity contribution in [2.24, 2.45) is 5.92 Å². The minimum atomic E-state index is -0.292. The Morgan fingerprint density at radius 1 is 1.25 bits per heavy atom. The second kappa shape index (κ2) is 4.79. The van der Waals surface area contributed by atoms with Crippen molar-refractivity contribution in [3.05, 3.63) is 35.6 Å². The molecule has 2 nitrogen and oxygen atoms in total. The Bertz CT molecular complexity index is 371. The summed E-state index contributed by atoms with van der Waals surface area (Å²) >= 11 is 0. The average molecular weight is 219 g/mol. The largest absolute Gasteiger partial charge is 0.349 e. The summed E-state index contributed by atoms with van der Waals surface area (Å²) in [4.78, 5) is 14.3. The minimum absolute atomic E-state index is 0.113. The van der Waals surface area contributed by atoms with E-state index in [2.05, 4.69) is 12.8 Å². The van der Waals surface area contributed by atoms with E-state index in [1.807, 2.05) is 0 Å². The van der Waals surface area contributed by atoms with Crippen LogP contribution in [0.5, 0.6) is 0 Å². The molecule has 0 saturated carbocycles. The highest BCUT2D eigenvalue weighted by molar-refractivity contribution is 6.04. The van der Waals surface area contributed by atoms with Crippen LogP contribution in [0.4, 0.5) is 4.39 Å². The van der Waals surface area contributed by atoms with E-state index in [1.54, 1.807) is 12.1 Å². The van der Waals surface area contributed by atoms with Crippen molar-refractivity contribution < 1.29 is 9.18 Å². The molecule has 0 aromatic heterocycles. The topological polar surface area (TPSA) is 20.3 Å². The molecule has 1 aliphatic heterocycles. The molecule has 0 radical (unpaired) electrons. The SMILES string of the molecule is BN1CCC(C(=O)c2ccc(F)cc2)CC1. The van der Waals surface area contributed by atoms with Crippen molar-refractivity contribution in [2.75, 3.05) is 13.1 Å². The van der Waals surface area contributed by atoms with Gasteiger partial charge in [-0.3, -0.25) is 4.79 Å². The Morgan fingerprint density at radius 2 is 1.81 bits per heavy atom. The smallest absolute Gasteiger partial charge is 0.185 e. The van der Waals surface area contributed by atoms with E-state index in [-0.39, 0.29) is 17.5 Å². The molecule has 84 valence electrons. The maximum Gasteiger partial charge on any atom is 0.185 e. The van der Waals surface area contributed by atoms with Gasteiger partial charge in [-0.15, -0.1) is 0 Å². The number of piperidine rings is 1. The number of carbonyl (C=O) groups excluding carboxylic acids is 1. The van der Waals surface area contributed by atoms with Crippen molar-refractivity contribution in [2.45, 2.75) is 12.8 Å². The first-order valence-corrected chi connectivity index (χ1v) is 5.65. The van der Waals surface area contributed by atoms with Gasteiger partial charge in [-0.25, -0.2) is 4.39 Å². The molecule has 1 saturated heterocycles. The van der Waals surface area contributed by atoms with Gasteiger partial charge in [-0.1, -0.05) is 0 Å². The monoisotopic (exact) mass is 219 g/mol. The lowest BCUT2D eigenvalue weighted by Gasteiger charge is -2.28. The normalized spacial score (nSPS) is 18.6. The second-order valence-corrected chi connectivity index (χ2v) is 4.45. The molecular formula is C12H15BFNO. The molecule has 0 N–H and O–H groups in total. The Labute approximate surface area is 95.9 Å². The molecule has 1 aliphatic rings. The lowest BCUT2D eigenvalue weighted by molar-refractivity contribution is 0.0876. The molecule has 1 fully saturated rings. The third kappa shape index (κ3) is 2.50. The molecule has 1 aromatic carbocycles. The van der Waals surface area contributed by atoms with Crippen LogP contribution >= 0.6 is 0 Å². The van der Waals surface area contributed by atoms with Gasteiger partial charge >= 0.3 is 0 Å². The molecule has 0 amide bonds. The Balaban J connectivity index is 2.05. The molecule has 0 aliphatic carbocycles. The zero-order valence-electron chi connectivity index (χ0n) is 9.45. The highest BCUT2D eigenvalue weighted by atomic mass is 19.1. The Kier molecular flexibility index (Phi) is 3.39. The van der Waals surface area contributed by atoms with Gasteiger partial charge in [0, 0.05) is 11.5 Å². The van der Waals surface area contributed by atoms with Crippen LogP contribution in [-0.4, -0.2) is 31.7 Å². The molecular weight excluding hydrogens is 204 g/mol. The van der Waals surface area contributed by atoms with Gasteiger partial charge in [0.25, 0.3) is 0 Å². The van der Waals surface area contributed by atoms with Crippen molar-refractivity contribution >= 4 is 13.8 Å². The molecule has 16 heavy (non-hydrogen) atoms. The summed E-state index contributed by atoms with van der Waals surface area (Å²) in [7, 11) is 2.07. The number of ketones is 1. The quantitative estimate of drug-likeness (QED) is 0.551. The maximum atomic E-state index is 12.7. The minimum Gasteiger partial charge on any atom is -0.349 e. The van der Waals surface area contributed by atoms with E-state index >= 15 is 0 Å². The molecule has 2 rings (SSSR count). The van der Waals surface area contributed by atoms with Crippen LogP contribution in [-0.2, 0) is 0 Å². The fourth-order valence-corrected chi connectivity index (χ4v) is 2.12. The molecule has 4 heteroatoms. The number of carbonyl (C=O) groups is 1. The van der Waals surface area contributed by atoms with Crippen LogP contribution in [0.15, 0.2) is 24.3 Å². The van der Waals surface area contributed by atoms with Crippen LogP contribution in [0.25, 0.3) is 0 Å². The van der Waals surface area contributed by atoms with Gasteiger partial charge < -0.3 is 4.81 Å². The predicted octanol–water partition coefficient (Wildman–Crippen LogP) is 1.27. The number of benzene rings is 1. The molecule has 0 spiro atoms. The van der Waals surface area contributed by atoms with Gasteiger partial charge in [-0.2, -0.15) is 0 Å². The number of nitrogens with zero attached hydrogens (tertiary/aromatic N) is 1. The molecule has 0 bridgehead atoms. The summed E-state index contributed by atoms with van der Waals surface area (Å²) in [5.41, 5.74) is 0.635. The standard InChI is InChI=1S/C12H15BFNO/c13-15-7-5-10(6-8-15)12(16)9-1-3-11(14)4-2-9/h1-4,10H,5-8,13H2. The van der Waals surface area contributed by atoms with Gasteiger partial charge in [0.05, 0.1) is 0 Å². The number of halogens is 1. The van der Waals surface area contributed by atoms with E-state index in [4.69, 9.17) is 0 Å². The van der Waals surface area contributed by atoms with Gasteiger partial charge in [-0.05, 0) is 50.2 Å². The summed E-state index contributed by atoms with van der Waals surface area (Å²) in [5.74, 6) is -0.0188. The number of rotatable bonds is 2. The maximum absolute atomic E-state index is 12.7. The Hall–Kier alpha value is -1.16. The first kappa shape index (κ1) is 11.3. The molecule has 0 unspecified atom stereocenters. The van der Waals surface area contributed by atoms with Crippen molar-refractivity contribution in [1.29, 1.82) is 0 Å². The lowest BCUT2D eigenvalue weighted by atomic mass is 9.88. The third-order valence-corrected chi connectivity index (χ3v) is 3.22. The zero-order chi connectivity index (χ0) is 11.5. The fourth-order valence-electron chi connectivity index (χ4n) is 2.12. The van der Waals surface area contributed by atoms with E-state index in [0.29, 0.717) is 5.56 Å². The van der Waals surface area contributed by atoms with Crippen LogP contribution in [0.3, 0.4) is 0 Å². The first-order valence-electron chi connectivity index (χ1n) is 5.65. The number of hydrogen-bond acceptors (Lipinski definition) is 2. The van der Waals surface area contributed by atoms with Gasteiger partial charge in [0.2, 0.25) is 0 Å². The Morgan fingerprint density at radius 3 is 2.38 bits per heavy atom. The van der Waals surface area contributed by atoms with Crippen LogP contribution in [0.1, 0.15) is 23.2 Å². The van der Waals surface area contributed by atoms with E-state index < -0.39 is 0 Å². The van der Waals surface area contributed by atoms with Crippen molar-refractivity contribution in [3.8, 4) is 0 Å². The summed E-state index contributed by atoms with van der Waals surface area (Å²) in [6.07, 6.45) is 1.82. The summed E-state index contributed by atoms with van der Waals surface area (Å²) < 4.78 is 12.7. The van der Waals surface area contributed by atoms with E-state index in [9.17, 15) is 9.18 Å². The highest BCUT2D eigenvalue weighted by Crippen LogP contribution is 2.20. The van der Waals surface area contributed by atoms with Crippen LogP contribution in [0, 0.1) is 11.7 Å². The highest BCUT2D eigenvalue weighted by Gasteiger charge is 2.23. The molecule has 0 atom stereocenters. The summed E-state index contributed by atoms with van der Waals surface area (Å²) in [6.45, 7) is 1.94. The summed E-state index contributed by atoms with van der Waals surface area (Å²) in [6, 6.07) is 5.86.